The molecule has 152 valence electrons. The Balaban J connectivity index is 1.82. The molecule has 0 spiro atoms. The molecule has 0 saturated carbocycles. The van der Waals surface area contributed by atoms with Crippen LogP contribution in [0.4, 0.5) is 0 Å². The summed E-state index contributed by atoms with van der Waals surface area (Å²) in [6.07, 6.45) is -0.918. The molecule has 2 aromatic rings. The Kier molecular flexibility index (Phi) is 7.62. The second-order valence-corrected chi connectivity index (χ2v) is 6.90. The molecule has 0 aliphatic heterocycles. The molecular weight excluding hydrogens is 384 g/mol. The van der Waals surface area contributed by atoms with Gasteiger partial charge in [0.05, 0.1) is 20.6 Å². The third kappa shape index (κ3) is 5.59. The van der Waals surface area contributed by atoms with Gasteiger partial charge in [0.1, 0.15) is 0 Å². The number of ether oxygens (including phenoxy) is 3. The summed E-state index contributed by atoms with van der Waals surface area (Å²) in [5, 5.41) is 4.45. The number of methoxy groups -OCH3 is 2. The molecule has 1 N–H and O–H groups in total. The van der Waals surface area contributed by atoms with E-state index >= 15 is 0 Å². The lowest BCUT2D eigenvalue weighted by molar-refractivity contribution is -0.155. The smallest absolute Gasteiger partial charge is 0.308 e. The van der Waals surface area contributed by atoms with E-state index in [0.29, 0.717) is 11.5 Å². The van der Waals surface area contributed by atoms with Gasteiger partial charge < -0.3 is 24.1 Å². The van der Waals surface area contributed by atoms with Crippen LogP contribution >= 0.6 is 11.3 Å². The zero-order valence-electron chi connectivity index (χ0n) is 16.3. The summed E-state index contributed by atoms with van der Waals surface area (Å²) in [6.45, 7) is 3.79. The van der Waals surface area contributed by atoms with Crippen molar-refractivity contribution in [1.82, 2.24) is 9.88 Å². The number of amides is 1. The van der Waals surface area contributed by atoms with E-state index in [1.54, 1.807) is 37.6 Å². The maximum atomic E-state index is 12.2. The minimum Gasteiger partial charge on any atom is -0.493 e. The molecule has 1 heterocycles. The molecule has 9 heteroatoms. The van der Waals surface area contributed by atoms with Crippen molar-refractivity contribution in [3.05, 3.63) is 44.5 Å². The highest BCUT2D eigenvalue weighted by atomic mass is 32.1. The predicted octanol–water partition coefficient (Wildman–Crippen LogP) is 1.87. The van der Waals surface area contributed by atoms with Crippen LogP contribution < -0.4 is 19.7 Å². The van der Waals surface area contributed by atoms with E-state index in [0.717, 1.165) is 22.6 Å². The topological polar surface area (TPSA) is 95.9 Å². The van der Waals surface area contributed by atoms with Gasteiger partial charge in [-0.15, -0.1) is 0 Å². The first-order valence-corrected chi connectivity index (χ1v) is 9.56. The van der Waals surface area contributed by atoms with Crippen molar-refractivity contribution in [1.29, 1.82) is 0 Å². The van der Waals surface area contributed by atoms with Gasteiger partial charge in [0.25, 0.3) is 5.91 Å². The van der Waals surface area contributed by atoms with Crippen LogP contribution in [0.2, 0.25) is 0 Å². The summed E-state index contributed by atoms with van der Waals surface area (Å²) in [5.41, 5.74) is 1.61. The van der Waals surface area contributed by atoms with Gasteiger partial charge in [0.15, 0.2) is 17.6 Å². The number of thiazole rings is 1. The highest BCUT2D eigenvalue weighted by Crippen LogP contribution is 2.27. The molecule has 1 unspecified atom stereocenters. The number of nitrogens with zero attached hydrogens (tertiary/aromatic N) is 1. The Morgan fingerprint density at radius 2 is 1.93 bits per heavy atom. The Labute approximate surface area is 167 Å². The summed E-state index contributed by atoms with van der Waals surface area (Å²) in [6, 6.07) is 5.31. The molecule has 28 heavy (non-hydrogen) atoms. The molecule has 0 bridgehead atoms. The zero-order valence-corrected chi connectivity index (χ0v) is 17.1. The van der Waals surface area contributed by atoms with Gasteiger partial charge in [-0.1, -0.05) is 17.4 Å². The van der Waals surface area contributed by atoms with E-state index in [-0.39, 0.29) is 24.4 Å². The lowest BCUT2D eigenvalue weighted by atomic mass is 10.2. The van der Waals surface area contributed by atoms with Crippen LogP contribution in [0, 0.1) is 6.92 Å². The maximum Gasteiger partial charge on any atom is 0.308 e. The van der Waals surface area contributed by atoms with E-state index in [1.165, 1.54) is 18.6 Å². The van der Waals surface area contributed by atoms with Gasteiger partial charge in [-0.25, -0.2) is 0 Å². The lowest BCUT2D eigenvalue weighted by Gasteiger charge is -2.14. The van der Waals surface area contributed by atoms with Crippen LogP contribution in [0.15, 0.2) is 28.4 Å². The standard InChI is InChI=1S/C19H24N2O6S/c1-12-11-28-19(24)21(12)8-7-17(22)27-13(2)18(23)20-10-14-5-6-15(25-3)16(9-14)26-4/h5-6,9,11,13H,7-8,10H2,1-4H3,(H,20,23). The molecule has 0 aliphatic carbocycles. The fraction of sp³-hybridized carbons (Fsp3) is 0.421. The van der Waals surface area contributed by atoms with E-state index in [2.05, 4.69) is 5.32 Å². The van der Waals surface area contributed by atoms with E-state index in [9.17, 15) is 14.4 Å². The lowest BCUT2D eigenvalue weighted by Crippen LogP contribution is -2.35. The first-order valence-electron chi connectivity index (χ1n) is 8.68. The molecule has 1 amide bonds. The van der Waals surface area contributed by atoms with Gasteiger partial charge in [-0.3, -0.25) is 14.4 Å². The molecule has 0 saturated heterocycles. The number of carbonyl (C=O) groups excluding carboxylic acids is 2. The van der Waals surface area contributed by atoms with Crippen molar-refractivity contribution in [2.24, 2.45) is 0 Å². The molecule has 0 fully saturated rings. The fourth-order valence-corrected chi connectivity index (χ4v) is 3.27. The van der Waals surface area contributed by atoms with Crippen molar-refractivity contribution in [2.75, 3.05) is 14.2 Å². The van der Waals surface area contributed by atoms with Gasteiger partial charge in [0.2, 0.25) is 0 Å². The minimum atomic E-state index is -0.937. The van der Waals surface area contributed by atoms with Gasteiger partial charge in [-0.2, -0.15) is 0 Å². The van der Waals surface area contributed by atoms with Gasteiger partial charge in [0, 0.05) is 24.2 Å². The normalized spacial score (nSPS) is 11.6. The van der Waals surface area contributed by atoms with Crippen molar-refractivity contribution >= 4 is 23.2 Å². The van der Waals surface area contributed by atoms with Crippen molar-refractivity contribution in [2.45, 2.75) is 39.5 Å². The second-order valence-electron chi connectivity index (χ2n) is 6.08. The highest BCUT2D eigenvalue weighted by Gasteiger charge is 2.18. The number of rotatable bonds is 9. The average molecular weight is 408 g/mol. The Bertz CT molecular complexity index is 889. The first kappa shape index (κ1) is 21.5. The summed E-state index contributed by atoms with van der Waals surface area (Å²) in [4.78, 5) is 35.7. The molecular formula is C19H24N2O6S. The number of hydrogen-bond acceptors (Lipinski definition) is 7. The van der Waals surface area contributed by atoms with Crippen LogP contribution in [0.5, 0.6) is 11.5 Å². The van der Waals surface area contributed by atoms with Gasteiger partial charge >= 0.3 is 10.8 Å². The second kappa shape index (κ2) is 9.93. The number of aromatic nitrogens is 1. The van der Waals surface area contributed by atoms with Crippen molar-refractivity contribution in [3.8, 4) is 11.5 Å². The van der Waals surface area contributed by atoms with E-state index in [1.807, 2.05) is 0 Å². The number of nitrogens with one attached hydrogen (secondary N) is 1. The van der Waals surface area contributed by atoms with E-state index in [4.69, 9.17) is 14.2 Å². The molecule has 1 aromatic carbocycles. The maximum absolute atomic E-state index is 12.2. The average Bonchev–Trinajstić information content (AvgIpc) is 3.01. The number of hydrogen-bond donors (Lipinski definition) is 1. The molecule has 2 rings (SSSR count). The molecule has 8 nitrogen and oxygen atoms in total. The fourth-order valence-electron chi connectivity index (χ4n) is 2.51. The highest BCUT2D eigenvalue weighted by molar-refractivity contribution is 7.07. The van der Waals surface area contributed by atoms with Crippen molar-refractivity contribution in [3.63, 3.8) is 0 Å². The SMILES string of the molecule is COc1ccc(CNC(=O)C(C)OC(=O)CCn2c(C)csc2=O)cc1OC. The number of esters is 1. The van der Waals surface area contributed by atoms with Crippen LogP contribution in [-0.4, -0.2) is 36.8 Å². The van der Waals surface area contributed by atoms with Gasteiger partial charge in [-0.05, 0) is 31.5 Å². The van der Waals surface area contributed by atoms with Crippen molar-refractivity contribution < 1.29 is 23.8 Å². The summed E-state index contributed by atoms with van der Waals surface area (Å²) in [5.74, 6) is 0.214. The minimum absolute atomic E-state index is 0.0186. The number of carbonyl (C=O) groups is 2. The summed E-state index contributed by atoms with van der Waals surface area (Å²) < 4.78 is 17.1. The quantitative estimate of drug-likeness (QED) is 0.637. The third-order valence-corrected chi connectivity index (χ3v) is 4.99. The molecule has 0 radical (unpaired) electrons. The molecule has 1 aromatic heterocycles. The van der Waals surface area contributed by atoms with Crippen LogP contribution in [-0.2, 0) is 27.4 Å². The third-order valence-electron chi connectivity index (χ3n) is 4.11. The first-order chi connectivity index (χ1) is 13.3. The monoisotopic (exact) mass is 408 g/mol. The Hall–Kier alpha value is -2.81. The zero-order chi connectivity index (χ0) is 20.7. The van der Waals surface area contributed by atoms with Crippen LogP contribution in [0.3, 0.4) is 0 Å². The molecule has 0 aliphatic rings. The largest absolute Gasteiger partial charge is 0.493 e. The number of aryl methyl sites for hydroxylation is 1. The number of benzene rings is 1. The summed E-state index contributed by atoms with van der Waals surface area (Å²) >= 11 is 1.09. The Morgan fingerprint density at radius 1 is 1.21 bits per heavy atom. The summed E-state index contributed by atoms with van der Waals surface area (Å²) in [7, 11) is 3.08. The Morgan fingerprint density at radius 3 is 2.54 bits per heavy atom. The van der Waals surface area contributed by atoms with Crippen LogP contribution in [0.1, 0.15) is 24.6 Å². The van der Waals surface area contributed by atoms with Crippen LogP contribution in [0.25, 0.3) is 0 Å². The molecule has 1 atom stereocenters. The van der Waals surface area contributed by atoms with E-state index < -0.39 is 18.0 Å². The predicted molar refractivity (Wildman–Crippen MR) is 105 cm³/mol.